The first-order chi connectivity index (χ1) is 8.37. The number of benzene rings is 1. The topological polar surface area (TPSA) is 30.5 Å². The van der Waals surface area contributed by atoms with E-state index in [1.54, 1.807) is 12.1 Å². The normalized spacial score (nSPS) is 19.8. The van der Waals surface area contributed by atoms with Gasteiger partial charge in [-0.1, -0.05) is 34.8 Å². The molecule has 1 aliphatic rings. The Balaban J connectivity index is 2.04. The van der Waals surface area contributed by atoms with Gasteiger partial charge in [0.15, 0.2) is 5.79 Å². The molecule has 0 bridgehead atoms. The van der Waals surface area contributed by atoms with Gasteiger partial charge in [0.2, 0.25) is 0 Å². The maximum Gasteiger partial charge on any atom is 0.162 e. The summed E-state index contributed by atoms with van der Waals surface area (Å²) in [5.41, 5.74) is 0.725. The van der Waals surface area contributed by atoms with Gasteiger partial charge in [0, 0.05) is 0 Å². The molecule has 1 N–H and O–H groups in total. The standard InChI is InChI=1S/C12H14Cl3NO2/c1-12(2)17-5-7(6-18-12)16-11-4-9(14)8(13)3-10(11)15/h3-4,7,16H,5-6H2,1-2H3. The van der Waals surface area contributed by atoms with E-state index in [-0.39, 0.29) is 6.04 Å². The fourth-order valence-corrected chi connectivity index (χ4v) is 2.23. The zero-order valence-electron chi connectivity index (χ0n) is 10.1. The van der Waals surface area contributed by atoms with E-state index in [1.807, 2.05) is 13.8 Å². The minimum absolute atomic E-state index is 0.0350. The molecule has 6 heteroatoms. The first-order valence-corrected chi connectivity index (χ1v) is 6.70. The Labute approximate surface area is 121 Å². The molecule has 18 heavy (non-hydrogen) atoms. The van der Waals surface area contributed by atoms with E-state index >= 15 is 0 Å². The minimum Gasteiger partial charge on any atom is -0.376 e. The van der Waals surface area contributed by atoms with Gasteiger partial charge in [-0.05, 0) is 26.0 Å². The van der Waals surface area contributed by atoms with Gasteiger partial charge in [-0.2, -0.15) is 0 Å². The first-order valence-electron chi connectivity index (χ1n) is 5.56. The number of hydrogen-bond donors (Lipinski definition) is 1. The van der Waals surface area contributed by atoms with Gasteiger partial charge >= 0.3 is 0 Å². The Hall–Kier alpha value is -0.190. The predicted octanol–water partition coefficient (Wildman–Crippen LogP) is 4.21. The SMILES string of the molecule is CC1(C)OCC(Nc2cc(Cl)c(Cl)cc2Cl)CO1. The van der Waals surface area contributed by atoms with E-state index in [1.165, 1.54) is 0 Å². The molecule has 1 saturated heterocycles. The second kappa shape index (κ2) is 5.43. The van der Waals surface area contributed by atoms with Crippen molar-refractivity contribution in [2.24, 2.45) is 0 Å². The van der Waals surface area contributed by atoms with E-state index in [2.05, 4.69) is 5.32 Å². The van der Waals surface area contributed by atoms with Crippen LogP contribution in [0.3, 0.4) is 0 Å². The quantitative estimate of drug-likeness (QED) is 0.830. The lowest BCUT2D eigenvalue weighted by Crippen LogP contribution is -2.45. The van der Waals surface area contributed by atoms with Crippen molar-refractivity contribution in [3.63, 3.8) is 0 Å². The summed E-state index contributed by atoms with van der Waals surface area (Å²) < 4.78 is 11.1. The number of hydrogen-bond acceptors (Lipinski definition) is 3. The van der Waals surface area contributed by atoms with Crippen LogP contribution in [-0.2, 0) is 9.47 Å². The Morgan fingerprint density at radius 3 is 2.22 bits per heavy atom. The molecule has 0 saturated carbocycles. The lowest BCUT2D eigenvalue weighted by atomic mass is 10.2. The van der Waals surface area contributed by atoms with Crippen LogP contribution >= 0.6 is 34.8 Å². The number of rotatable bonds is 2. The Morgan fingerprint density at radius 1 is 1.06 bits per heavy atom. The van der Waals surface area contributed by atoms with Crippen LogP contribution in [0.5, 0.6) is 0 Å². The van der Waals surface area contributed by atoms with Crippen molar-refractivity contribution in [2.75, 3.05) is 18.5 Å². The van der Waals surface area contributed by atoms with Crippen LogP contribution in [0, 0.1) is 0 Å². The fraction of sp³-hybridized carbons (Fsp3) is 0.500. The summed E-state index contributed by atoms with van der Waals surface area (Å²) in [7, 11) is 0. The number of ether oxygens (including phenoxy) is 2. The highest BCUT2D eigenvalue weighted by Crippen LogP contribution is 2.33. The smallest absolute Gasteiger partial charge is 0.162 e. The lowest BCUT2D eigenvalue weighted by Gasteiger charge is -2.35. The Bertz CT molecular complexity index is 441. The van der Waals surface area contributed by atoms with Crippen molar-refractivity contribution in [1.29, 1.82) is 0 Å². The van der Waals surface area contributed by atoms with Crippen molar-refractivity contribution in [2.45, 2.75) is 25.7 Å². The highest BCUT2D eigenvalue weighted by Gasteiger charge is 2.28. The van der Waals surface area contributed by atoms with Crippen LogP contribution in [0.1, 0.15) is 13.8 Å². The molecule has 0 radical (unpaired) electrons. The second-order valence-corrected chi connectivity index (χ2v) is 5.83. The van der Waals surface area contributed by atoms with E-state index in [0.717, 1.165) is 5.69 Å². The summed E-state index contributed by atoms with van der Waals surface area (Å²) in [6.45, 7) is 4.86. The molecule has 1 fully saturated rings. The van der Waals surface area contributed by atoms with Gasteiger partial charge in [-0.25, -0.2) is 0 Å². The summed E-state index contributed by atoms with van der Waals surface area (Å²) in [5.74, 6) is -0.528. The number of halogens is 3. The number of anilines is 1. The van der Waals surface area contributed by atoms with Gasteiger partial charge in [0.1, 0.15) is 0 Å². The summed E-state index contributed by atoms with van der Waals surface area (Å²) in [6.07, 6.45) is 0. The molecule has 0 amide bonds. The maximum atomic E-state index is 6.09. The van der Waals surface area contributed by atoms with Gasteiger partial charge in [-0.3, -0.25) is 0 Å². The highest BCUT2D eigenvalue weighted by atomic mass is 35.5. The molecule has 0 spiro atoms. The molecule has 1 aliphatic heterocycles. The lowest BCUT2D eigenvalue weighted by molar-refractivity contribution is -0.247. The van der Waals surface area contributed by atoms with Crippen LogP contribution in [0.25, 0.3) is 0 Å². The third-order valence-corrected chi connectivity index (χ3v) is 3.67. The van der Waals surface area contributed by atoms with Crippen molar-refractivity contribution < 1.29 is 9.47 Å². The molecule has 0 aromatic heterocycles. The van der Waals surface area contributed by atoms with E-state index in [9.17, 15) is 0 Å². The average Bonchev–Trinajstić information content (AvgIpc) is 2.28. The van der Waals surface area contributed by atoms with Crippen molar-refractivity contribution in [3.05, 3.63) is 27.2 Å². The maximum absolute atomic E-state index is 6.09. The fourth-order valence-electron chi connectivity index (χ4n) is 1.63. The van der Waals surface area contributed by atoms with Crippen molar-refractivity contribution in [3.8, 4) is 0 Å². The second-order valence-electron chi connectivity index (χ2n) is 4.61. The van der Waals surface area contributed by atoms with Crippen LogP contribution < -0.4 is 5.32 Å². The monoisotopic (exact) mass is 309 g/mol. The molecule has 1 aromatic carbocycles. The van der Waals surface area contributed by atoms with Gasteiger partial charge in [0.25, 0.3) is 0 Å². The Kier molecular flexibility index (Phi) is 4.29. The highest BCUT2D eigenvalue weighted by molar-refractivity contribution is 6.44. The molecule has 1 heterocycles. The van der Waals surface area contributed by atoms with Crippen LogP contribution in [0.15, 0.2) is 12.1 Å². The molecule has 100 valence electrons. The van der Waals surface area contributed by atoms with Gasteiger partial charge in [-0.15, -0.1) is 0 Å². The third-order valence-electron chi connectivity index (χ3n) is 2.63. The molecule has 0 aliphatic carbocycles. The zero-order valence-corrected chi connectivity index (χ0v) is 12.4. The summed E-state index contributed by atoms with van der Waals surface area (Å²) in [4.78, 5) is 0. The van der Waals surface area contributed by atoms with Gasteiger partial charge in [0.05, 0.1) is 40.0 Å². The predicted molar refractivity (Wildman–Crippen MR) is 74.9 cm³/mol. The number of nitrogens with one attached hydrogen (secondary N) is 1. The summed E-state index contributed by atoms with van der Waals surface area (Å²) in [5, 5.41) is 4.65. The van der Waals surface area contributed by atoms with Gasteiger partial charge < -0.3 is 14.8 Å². The van der Waals surface area contributed by atoms with E-state index < -0.39 is 5.79 Å². The third kappa shape index (κ3) is 3.43. The molecule has 0 atom stereocenters. The van der Waals surface area contributed by atoms with Crippen LogP contribution in [-0.4, -0.2) is 25.0 Å². The minimum atomic E-state index is -0.528. The molecular weight excluding hydrogens is 296 g/mol. The largest absolute Gasteiger partial charge is 0.376 e. The Morgan fingerprint density at radius 2 is 1.61 bits per heavy atom. The first kappa shape index (κ1) is 14.2. The zero-order chi connectivity index (χ0) is 13.3. The summed E-state index contributed by atoms with van der Waals surface area (Å²) in [6, 6.07) is 3.35. The average molecular weight is 311 g/mol. The molecule has 0 unspecified atom stereocenters. The molecular formula is C12H14Cl3NO2. The van der Waals surface area contributed by atoms with E-state index in [0.29, 0.717) is 28.3 Å². The molecule has 2 rings (SSSR count). The van der Waals surface area contributed by atoms with Crippen molar-refractivity contribution >= 4 is 40.5 Å². The van der Waals surface area contributed by atoms with E-state index in [4.69, 9.17) is 44.3 Å². The van der Waals surface area contributed by atoms with Crippen LogP contribution in [0.2, 0.25) is 15.1 Å². The molecule has 3 nitrogen and oxygen atoms in total. The summed E-state index contributed by atoms with van der Waals surface area (Å²) >= 11 is 17.9. The van der Waals surface area contributed by atoms with Crippen molar-refractivity contribution in [1.82, 2.24) is 0 Å². The molecule has 1 aromatic rings. The van der Waals surface area contributed by atoms with Crippen LogP contribution in [0.4, 0.5) is 5.69 Å².